The number of aliphatic hydroxyl groups is 1. The van der Waals surface area contributed by atoms with Crippen LogP contribution < -0.4 is 0 Å². The molecule has 0 aromatic carbocycles. The number of hydrogen-bond acceptors (Lipinski definition) is 8. The molecular formula is C15H30O8. The summed E-state index contributed by atoms with van der Waals surface area (Å²) < 4.78 is 37.9. The summed E-state index contributed by atoms with van der Waals surface area (Å²) >= 11 is 0. The van der Waals surface area contributed by atoms with Crippen molar-refractivity contribution < 1.29 is 38.3 Å². The van der Waals surface area contributed by atoms with E-state index in [0.717, 1.165) is 0 Å². The standard InChI is InChI=1S/C15H30O8/c1-9(2)21-7-10-13(19-5)14(20-6)12(16)15(23-10)22-8-11(17-3)18-4/h9-16H,7-8H2,1-6H3/t10-,12+,13-,14-,15-/m1/s1. The minimum atomic E-state index is -1.00. The van der Waals surface area contributed by atoms with Gasteiger partial charge in [-0.05, 0) is 13.8 Å². The van der Waals surface area contributed by atoms with Gasteiger partial charge in [-0.1, -0.05) is 0 Å². The summed E-state index contributed by atoms with van der Waals surface area (Å²) in [5.41, 5.74) is 0. The summed E-state index contributed by atoms with van der Waals surface area (Å²) in [5.74, 6) is 0. The highest BCUT2D eigenvalue weighted by molar-refractivity contribution is 4.91. The third-order valence-corrected chi connectivity index (χ3v) is 3.68. The lowest BCUT2D eigenvalue weighted by Gasteiger charge is -2.43. The molecule has 0 radical (unpaired) electrons. The van der Waals surface area contributed by atoms with E-state index in [2.05, 4.69) is 0 Å². The molecule has 1 aliphatic rings. The monoisotopic (exact) mass is 338 g/mol. The zero-order valence-corrected chi connectivity index (χ0v) is 14.8. The second-order valence-electron chi connectivity index (χ2n) is 5.55. The van der Waals surface area contributed by atoms with E-state index in [1.165, 1.54) is 21.3 Å². The van der Waals surface area contributed by atoms with Crippen LogP contribution in [0.4, 0.5) is 0 Å². The molecule has 5 atom stereocenters. The van der Waals surface area contributed by atoms with Gasteiger partial charge in [0.25, 0.3) is 0 Å². The molecule has 138 valence electrons. The van der Waals surface area contributed by atoms with E-state index in [4.69, 9.17) is 33.2 Å². The Bertz CT molecular complexity index is 310. The van der Waals surface area contributed by atoms with Crippen LogP contribution in [0.2, 0.25) is 0 Å². The van der Waals surface area contributed by atoms with Crippen LogP contribution in [0.3, 0.4) is 0 Å². The zero-order valence-electron chi connectivity index (χ0n) is 14.8. The van der Waals surface area contributed by atoms with Gasteiger partial charge in [0.1, 0.15) is 31.0 Å². The Labute approximate surface area is 137 Å². The smallest absolute Gasteiger partial charge is 0.186 e. The fourth-order valence-corrected chi connectivity index (χ4v) is 2.42. The Kier molecular flexibility index (Phi) is 9.48. The highest BCUT2D eigenvalue weighted by Gasteiger charge is 2.46. The van der Waals surface area contributed by atoms with Gasteiger partial charge in [0.05, 0.1) is 12.7 Å². The largest absolute Gasteiger partial charge is 0.385 e. The maximum Gasteiger partial charge on any atom is 0.186 e. The van der Waals surface area contributed by atoms with Crippen molar-refractivity contribution in [2.24, 2.45) is 0 Å². The van der Waals surface area contributed by atoms with Crippen molar-refractivity contribution in [3.05, 3.63) is 0 Å². The molecule has 0 bridgehead atoms. The third-order valence-electron chi connectivity index (χ3n) is 3.68. The lowest BCUT2D eigenvalue weighted by molar-refractivity contribution is -0.320. The Morgan fingerprint density at radius 3 is 2.09 bits per heavy atom. The fraction of sp³-hybridized carbons (Fsp3) is 1.00. The molecule has 0 amide bonds. The molecular weight excluding hydrogens is 308 g/mol. The van der Waals surface area contributed by atoms with Crippen LogP contribution in [0.15, 0.2) is 0 Å². The SMILES string of the molecule is COC(CO[C@@H]1O[C@H](COC(C)C)[C@@H](OC)[C@H](OC)[C@@H]1O)OC. The second-order valence-corrected chi connectivity index (χ2v) is 5.55. The van der Waals surface area contributed by atoms with Crippen LogP contribution in [0.25, 0.3) is 0 Å². The average Bonchev–Trinajstić information content (AvgIpc) is 2.54. The van der Waals surface area contributed by atoms with Crippen molar-refractivity contribution in [1.82, 2.24) is 0 Å². The number of methoxy groups -OCH3 is 4. The average molecular weight is 338 g/mol. The molecule has 0 saturated carbocycles. The first kappa shape index (κ1) is 20.7. The molecule has 0 aromatic heterocycles. The van der Waals surface area contributed by atoms with Crippen LogP contribution in [0.5, 0.6) is 0 Å². The summed E-state index contributed by atoms with van der Waals surface area (Å²) in [5, 5.41) is 10.4. The molecule has 1 fully saturated rings. The van der Waals surface area contributed by atoms with Gasteiger partial charge in [-0.25, -0.2) is 0 Å². The molecule has 1 aliphatic heterocycles. The van der Waals surface area contributed by atoms with E-state index in [1.54, 1.807) is 7.11 Å². The predicted molar refractivity (Wildman–Crippen MR) is 81.1 cm³/mol. The minimum absolute atomic E-state index is 0.0506. The predicted octanol–water partition coefficient (Wildman–Crippen LogP) is 0.163. The van der Waals surface area contributed by atoms with Gasteiger partial charge in [-0.15, -0.1) is 0 Å². The molecule has 0 unspecified atom stereocenters. The minimum Gasteiger partial charge on any atom is -0.385 e. The first-order valence-corrected chi connectivity index (χ1v) is 7.66. The maximum atomic E-state index is 10.4. The quantitative estimate of drug-likeness (QED) is 0.564. The topological polar surface area (TPSA) is 84.8 Å². The molecule has 1 saturated heterocycles. The Morgan fingerprint density at radius 2 is 1.61 bits per heavy atom. The molecule has 0 aromatic rings. The first-order chi connectivity index (χ1) is 11.0. The second kappa shape index (κ2) is 10.5. The van der Waals surface area contributed by atoms with Crippen LogP contribution in [-0.4, -0.2) is 89.9 Å². The van der Waals surface area contributed by atoms with Crippen molar-refractivity contribution >= 4 is 0 Å². The number of ether oxygens (including phenoxy) is 7. The zero-order chi connectivity index (χ0) is 17.4. The lowest BCUT2D eigenvalue weighted by atomic mass is 9.98. The van der Waals surface area contributed by atoms with E-state index < -0.39 is 37.0 Å². The molecule has 0 aliphatic carbocycles. The van der Waals surface area contributed by atoms with Crippen molar-refractivity contribution in [3.8, 4) is 0 Å². The van der Waals surface area contributed by atoms with Gasteiger partial charge in [-0.2, -0.15) is 0 Å². The molecule has 1 rings (SSSR count). The fourth-order valence-electron chi connectivity index (χ4n) is 2.42. The summed E-state index contributed by atoms with van der Waals surface area (Å²) in [7, 11) is 6.07. The van der Waals surface area contributed by atoms with Crippen LogP contribution >= 0.6 is 0 Å². The van der Waals surface area contributed by atoms with E-state index >= 15 is 0 Å². The molecule has 1 N–H and O–H groups in total. The van der Waals surface area contributed by atoms with E-state index in [1.807, 2.05) is 13.8 Å². The molecule has 8 heteroatoms. The van der Waals surface area contributed by atoms with Gasteiger partial charge < -0.3 is 38.3 Å². The molecule has 8 nitrogen and oxygen atoms in total. The van der Waals surface area contributed by atoms with Crippen molar-refractivity contribution in [1.29, 1.82) is 0 Å². The van der Waals surface area contributed by atoms with Crippen molar-refractivity contribution in [3.63, 3.8) is 0 Å². The number of aliphatic hydroxyl groups excluding tert-OH is 1. The summed E-state index contributed by atoms with van der Waals surface area (Å²) in [4.78, 5) is 0. The molecule has 1 heterocycles. The third kappa shape index (κ3) is 5.91. The van der Waals surface area contributed by atoms with E-state index in [-0.39, 0.29) is 12.7 Å². The van der Waals surface area contributed by atoms with Crippen LogP contribution in [0, 0.1) is 0 Å². The molecule has 23 heavy (non-hydrogen) atoms. The van der Waals surface area contributed by atoms with Gasteiger partial charge in [-0.3, -0.25) is 0 Å². The summed E-state index contributed by atoms with van der Waals surface area (Å²) in [6.07, 6.45) is -3.87. The van der Waals surface area contributed by atoms with Gasteiger partial charge in [0.15, 0.2) is 12.6 Å². The highest BCUT2D eigenvalue weighted by Crippen LogP contribution is 2.26. The van der Waals surface area contributed by atoms with Gasteiger partial charge >= 0.3 is 0 Å². The number of hydrogen-bond donors (Lipinski definition) is 1. The van der Waals surface area contributed by atoms with Crippen LogP contribution in [0.1, 0.15) is 13.8 Å². The van der Waals surface area contributed by atoms with E-state index in [0.29, 0.717) is 6.61 Å². The normalized spacial score (nSPS) is 32.0. The molecule has 0 spiro atoms. The van der Waals surface area contributed by atoms with Gasteiger partial charge in [0, 0.05) is 28.4 Å². The number of rotatable bonds is 10. The van der Waals surface area contributed by atoms with Gasteiger partial charge in [0.2, 0.25) is 0 Å². The van der Waals surface area contributed by atoms with Crippen LogP contribution in [-0.2, 0) is 33.2 Å². The Balaban J connectivity index is 2.74. The summed E-state index contributed by atoms with van der Waals surface area (Å²) in [6.45, 7) is 4.28. The first-order valence-electron chi connectivity index (χ1n) is 7.66. The maximum absolute atomic E-state index is 10.4. The Morgan fingerprint density at radius 1 is 1.00 bits per heavy atom. The lowest BCUT2D eigenvalue weighted by Crippen LogP contribution is -2.61. The Hall–Kier alpha value is -0.320. The summed E-state index contributed by atoms with van der Waals surface area (Å²) in [6, 6.07) is 0. The van der Waals surface area contributed by atoms with Crippen molar-refractivity contribution in [2.75, 3.05) is 41.7 Å². The van der Waals surface area contributed by atoms with Crippen molar-refractivity contribution in [2.45, 2.75) is 56.9 Å². The van der Waals surface area contributed by atoms with E-state index in [9.17, 15) is 5.11 Å². The highest BCUT2D eigenvalue weighted by atomic mass is 16.7.